The lowest BCUT2D eigenvalue weighted by Gasteiger charge is -2.17. The Kier molecular flexibility index (Phi) is 6.62. The molecule has 0 saturated heterocycles. The monoisotopic (exact) mass is 322 g/mol. The second-order valence-corrected chi connectivity index (χ2v) is 8.31. The number of ketones is 1. The van der Waals surface area contributed by atoms with Crippen molar-refractivity contribution in [3.05, 3.63) is 30.3 Å². The molecule has 0 radical (unpaired) electrons. The Balaban J connectivity index is 2.17. The molecule has 1 aliphatic carbocycles. The summed E-state index contributed by atoms with van der Waals surface area (Å²) in [6, 6.07) is 8.42. The molecule has 4 heteroatoms. The van der Waals surface area contributed by atoms with Crippen molar-refractivity contribution in [2.45, 2.75) is 74.4 Å². The molecule has 0 heterocycles. The van der Waals surface area contributed by atoms with Crippen molar-refractivity contribution in [3.63, 3.8) is 0 Å². The Morgan fingerprint density at radius 3 is 1.95 bits per heavy atom. The predicted octanol–water partition coefficient (Wildman–Crippen LogP) is 4.31. The summed E-state index contributed by atoms with van der Waals surface area (Å²) in [5, 5.41) is -0.852. The molecule has 122 valence electrons. The molecule has 2 rings (SSSR count). The Labute approximate surface area is 134 Å². The number of rotatable bonds is 2. The van der Waals surface area contributed by atoms with Gasteiger partial charge in [0.15, 0.2) is 15.6 Å². The molecule has 3 nitrogen and oxygen atoms in total. The first-order valence-electron chi connectivity index (χ1n) is 8.44. The summed E-state index contributed by atoms with van der Waals surface area (Å²) in [4.78, 5) is 12.7. The molecule has 0 bridgehead atoms. The molecule has 1 aromatic rings. The topological polar surface area (TPSA) is 51.2 Å². The maximum absolute atomic E-state index is 12.8. The zero-order valence-electron chi connectivity index (χ0n) is 13.2. The number of benzene rings is 1. The van der Waals surface area contributed by atoms with Crippen molar-refractivity contribution >= 4 is 15.6 Å². The largest absolute Gasteiger partial charge is 0.298 e. The van der Waals surface area contributed by atoms with Gasteiger partial charge < -0.3 is 0 Å². The van der Waals surface area contributed by atoms with Crippen LogP contribution in [0, 0.1) is 0 Å². The van der Waals surface area contributed by atoms with Crippen molar-refractivity contribution in [1.29, 1.82) is 0 Å². The molecule has 0 aromatic heterocycles. The lowest BCUT2D eigenvalue weighted by Crippen LogP contribution is -2.30. The molecule has 1 fully saturated rings. The van der Waals surface area contributed by atoms with E-state index in [0.29, 0.717) is 12.8 Å². The molecule has 1 aromatic carbocycles. The van der Waals surface area contributed by atoms with E-state index < -0.39 is 15.1 Å². The number of Topliss-reactive ketones (excluding diaryl/α,β-unsaturated/α-hetero) is 1. The van der Waals surface area contributed by atoms with Gasteiger partial charge in [0, 0.05) is 6.42 Å². The van der Waals surface area contributed by atoms with Crippen molar-refractivity contribution in [2.75, 3.05) is 0 Å². The van der Waals surface area contributed by atoms with Crippen LogP contribution in [0.15, 0.2) is 35.2 Å². The predicted molar refractivity (Wildman–Crippen MR) is 88.6 cm³/mol. The van der Waals surface area contributed by atoms with Gasteiger partial charge in [-0.3, -0.25) is 4.79 Å². The lowest BCUT2D eigenvalue weighted by molar-refractivity contribution is -0.118. The van der Waals surface area contributed by atoms with Crippen LogP contribution in [0.3, 0.4) is 0 Å². The fourth-order valence-electron chi connectivity index (χ4n) is 3.11. The third-order valence-electron chi connectivity index (χ3n) is 4.44. The molecule has 0 spiro atoms. The van der Waals surface area contributed by atoms with E-state index in [9.17, 15) is 13.2 Å². The molecule has 1 atom stereocenters. The van der Waals surface area contributed by atoms with Crippen LogP contribution >= 0.6 is 0 Å². The molecular formula is C18H26O3S. The Bertz CT molecular complexity index is 563. The van der Waals surface area contributed by atoms with Gasteiger partial charge in [0.2, 0.25) is 0 Å². The fourth-order valence-corrected chi connectivity index (χ4v) is 4.92. The quantitative estimate of drug-likeness (QED) is 0.815. The highest BCUT2D eigenvalue weighted by Gasteiger charge is 2.32. The maximum atomic E-state index is 12.8. The molecule has 22 heavy (non-hydrogen) atoms. The van der Waals surface area contributed by atoms with E-state index in [0.717, 1.165) is 38.5 Å². The van der Waals surface area contributed by atoms with Crippen LogP contribution in [0.2, 0.25) is 0 Å². The van der Waals surface area contributed by atoms with Gasteiger partial charge in [-0.1, -0.05) is 63.1 Å². The summed E-state index contributed by atoms with van der Waals surface area (Å²) in [7, 11) is -3.55. The highest BCUT2D eigenvalue weighted by Crippen LogP contribution is 2.24. The van der Waals surface area contributed by atoms with Crippen LogP contribution in [-0.4, -0.2) is 19.5 Å². The van der Waals surface area contributed by atoms with E-state index in [1.54, 1.807) is 30.3 Å². The van der Waals surface area contributed by atoms with Crippen LogP contribution in [0.5, 0.6) is 0 Å². The van der Waals surface area contributed by atoms with Gasteiger partial charge in [-0.2, -0.15) is 0 Å². The first kappa shape index (κ1) is 17.2. The second kappa shape index (κ2) is 8.47. The highest BCUT2D eigenvalue weighted by atomic mass is 32.2. The molecule has 0 aliphatic heterocycles. The van der Waals surface area contributed by atoms with Crippen LogP contribution in [0.25, 0.3) is 0 Å². The molecule has 0 N–H and O–H groups in total. The number of carbonyl (C=O) groups is 1. The van der Waals surface area contributed by atoms with Crippen molar-refractivity contribution in [1.82, 2.24) is 0 Å². The Morgan fingerprint density at radius 1 is 0.773 bits per heavy atom. The molecule has 1 saturated carbocycles. The third-order valence-corrected chi connectivity index (χ3v) is 6.62. The maximum Gasteiger partial charge on any atom is 0.188 e. The van der Waals surface area contributed by atoms with Crippen molar-refractivity contribution in [3.8, 4) is 0 Å². The first-order chi connectivity index (χ1) is 10.6. The smallest absolute Gasteiger partial charge is 0.188 e. The Hall–Kier alpha value is -1.16. The SMILES string of the molecule is O=C1CCCCCCCCCCC1S(=O)(=O)c1ccccc1. The summed E-state index contributed by atoms with van der Waals surface area (Å²) >= 11 is 0. The normalized spacial score (nSPS) is 22.5. The third kappa shape index (κ3) is 4.67. The van der Waals surface area contributed by atoms with Gasteiger partial charge >= 0.3 is 0 Å². The summed E-state index contributed by atoms with van der Waals surface area (Å²) < 4.78 is 25.6. The van der Waals surface area contributed by atoms with Gasteiger partial charge in [-0.05, 0) is 25.0 Å². The summed E-state index contributed by atoms with van der Waals surface area (Å²) in [6.45, 7) is 0. The van der Waals surface area contributed by atoms with Crippen LogP contribution in [0.4, 0.5) is 0 Å². The van der Waals surface area contributed by atoms with E-state index in [2.05, 4.69) is 0 Å². The summed E-state index contributed by atoms with van der Waals surface area (Å²) in [6.07, 6.45) is 9.33. The van der Waals surface area contributed by atoms with Crippen LogP contribution in [0.1, 0.15) is 64.2 Å². The molecule has 1 unspecified atom stereocenters. The van der Waals surface area contributed by atoms with Crippen LogP contribution in [-0.2, 0) is 14.6 Å². The average molecular weight is 322 g/mol. The average Bonchev–Trinajstić information content (AvgIpc) is 2.51. The molecular weight excluding hydrogens is 296 g/mol. The minimum Gasteiger partial charge on any atom is -0.298 e. The summed E-state index contributed by atoms with van der Waals surface area (Å²) in [5.74, 6) is -0.0931. The number of hydrogen-bond donors (Lipinski definition) is 0. The van der Waals surface area contributed by atoms with Crippen LogP contribution < -0.4 is 0 Å². The zero-order chi connectivity index (χ0) is 15.8. The number of hydrogen-bond acceptors (Lipinski definition) is 3. The van der Waals surface area contributed by atoms with Gasteiger partial charge in [0.25, 0.3) is 0 Å². The van der Waals surface area contributed by atoms with E-state index in [1.807, 2.05) is 0 Å². The summed E-state index contributed by atoms with van der Waals surface area (Å²) in [5.41, 5.74) is 0. The number of carbonyl (C=O) groups excluding carboxylic acids is 1. The van der Waals surface area contributed by atoms with Gasteiger partial charge in [-0.25, -0.2) is 8.42 Å². The van der Waals surface area contributed by atoms with Crippen molar-refractivity contribution < 1.29 is 13.2 Å². The minimum atomic E-state index is -3.55. The zero-order valence-corrected chi connectivity index (χ0v) is 14.0. The highest BCUT2D eigenvalue weighted by molar-refractivity contribution is 7.92. The van der Waals surface area contributed by atoms with E-state index in [4.69, 9.17) is 0 Å². The van der Waals surface area contributed by atoms with E-state index in [1.165, 1.54) is 12.8 Å². The van der Waals surface area contributed by atoms with Gasteiger partial charge in [-0.15, -0.1) is 0 Å². The van der Waals surface area contributed by atoms with Gasteiger partial charge in [0.1, 0.15) is 5.25 Å². The second-order valence-electron chi connectivity index (χ2n) is 6.18. The first-order valence-corrected chi connectivity index (χ1v) is 9.98. The van der Waals surface area contributed by atoms with E-state index >= 15 is 0 Å². The molecule has 1 aliphatic rings. The number of sulfone groups is 1. The lowest BCUT2D eigenvalue weighted by atomic mass is 10.00. The van der Waals surface area contributed by atoms with Crippen molar-refractivity contribution in [2.24, 2.45) is 0 Å². The van der Waals surface area contributed by atoms with Gasteiger partial charge in [0.05, 0.1) is 4.90 Å². The molecule has 0 amide bonds. The standard InChI is InChI=1S/C18H26O3S/c19-17-14-10-5-3-1-2-4-6-11-15-18(17)22(20,21)16-12-8-7-9-13-16/h7-9,12-13,18H,1-6,10-11,14-15H2. The minimum absolute atomic E-state index is 0.0931. The van der Waals surface area contributed by atoms with E-state index in [-0.39, 0.29) is 10.7 Å². The fraction of sp³-hybridized carbons (Fsp3) is 0.611. The Morgan fingerprint density at radius 2 is 1.32 bits per heavy atom.